The van der Waals surface area contributed by atoms with E-state index in [9.17, 15) is 14.4 Å². The number of anilines is 1. The molecule has 3 rings (SSSR count). The number of amides is 2. The zero-order chi connectivity index (χ0) is 19.2. The van der Waals surface area contributed by atoms with Gasteiger partial charge in [0, 0.05) is 22.5 Å². The third kappa shape index (κ3) is 4.70. The van der Waals surface area contributed by atoms with E-state index in [1.54, 1.807) is 18.5 Å². The largest absolute Gasteiger partial charge is 0.466 e. The summed E-state index contributed by atoms with van der Waals surface area (Å²) < 4.78 is 4.86. The minimum atomic E-state index is -0.403. The average molecular weight is 386 g/mol. The van der Waals surface area contributed by atoms with Gasteiger partial charge in [0.1, 0.15) is 0 Å². The number of hydrogen-bond donors (Lipinski definition) is 3. The van der Waals surface area contributed by atoms with Gasteiger partial charge in [0.15, 0.2) is 5.13 Å². The van der Waals surface area contributed by atoms with Crippen LogP contribution in [-0.4, -0.2) is 40.9 Å². The Morgan fingerprint density at radius 2 is 2.07 bits per heavy atom. The van der Waals surface area contributed by atoms with Crippen LogP contribution in [0.15, 0.2) is 35.8 Å². The molecule has 0 fully saturated rings. The average Bonchev–Trinajstić information content (AvgIpc) is 3.26. The maximum Gasteiger partial charge on any atom is 0.311 e. The Kier molecular flexibility index (Phi) is 5.82. The van der Waals surface area contributed by atoms with Gasteiger partial charge in [0.25, 0.3) is 5.91 Å². The minimum absolute atomic E-state index is 0.0531. The van der Waals surface area contributed by atoms with Gasteiger partial charge in [0.05, 0.1) is 30.8 Å². The number of rotatable bonds is 7. The lowest BCUT2D eigenvalue weighted by Crippen LogP contribution is -2.32. The molecule has 0 aliphatic carbocycles. The fraction of sp³-hybridized carbons (Fsp3) is 0.222. The number of aromatic amines is 1. The number of H-pyrrole nitrogens is 1. The number of para-hydroxylation sites is 1. The normalized spacial score (nSPS) is 10.6. The van der Waals surface area contributed by atoms with Crippen LogP contribution in [0, 0.1) is 0 Å². The quantitative estimate of drug-likeness (QED) is 0.538. The van der Waals surface area contributed by atoms with E-state index in [-0.39, 0.29) is 24.8 Å². The van der Waals surface area contributed by atoms with Crippen molar-refractivity contribution in [2.24, 2.45) is 0 Å². The first-order valence-corrected chi connectivity index (χ1v) is 9.19. The molecule has 0 radical (unpaired) electrons. The van der Waals surface area contributed by atoms with Crippen molar-refractivity contribution < 1.29 is 19.1 Å². The number of fused-ring (bicyclic) bond motifs is 1. The molecule has 3 aromatic rings. The monoisotopic (exact) mass is 386 g/mol. The maximum atomic E-state index is 12.3. The molecule has 0 spiro atoms. The van der Waals surface area contributed by atoms with Crippen molar-refractivity contribution >= 4 is 45.2 Å². The summed E-state index contributed by atoms with van der Waals surface area (Å²) in [5, 5.41) is 8.01. The molecule has 140 valence electrons. The van der Waals surface area contributed by atoms with Crippen molar-refractivity contribution in [1.29, 1.82) is 0 Å². The van der Waals surface area contributed by atoms with E-state index in [1.165, 1.54) is 11.3 Å². The Bertz CT molecular complexity index is 979. The van der Waals surface area contributed by atoms with E-state index in [4.69, 9.17) is 4.74 Å². The van der Waals surface area contributed by atoms with Crippen LogP contribution in [0.1, 0.15) is 23.0 Å². The molecule has 3 N–H and O–H groups in total. The second-order valence-corrected chi connectivity index (χ2v) is 6.46. The molecule has 2 aromatic heterocycles. The number of esters is 1. The number of nitrogens with one attached hydrogen (secondary N) is 3. The van der Waals surface area contributed by atoms with Crippen LogP contribution in [0.5, 0.6) is 0 Å². The van der Waals surface area contributed by atoms with Gasteiger partial charge in [-0.05, 0) is 13.0 Å². The van der Waals surface area contributed by atoms with Gasteiger partial charge < -0.3 is 20.4 Å². The first-order valence-electron chi connectivity index (χ1n) is 8.31. The molecule has 0 saturated carbocycles. The number of hydrogen-bond acceptors (Lipinski definition) is 6. The van der Waals surface area contributed by atoms with E-state index in [2.05, 4.69) is 20.6 Å². The van der Waals surface area contributed by atoms with E-state index in [0.29, 0.717) is 23.0 Å². The van der Waals surface area contributed by atoms with Crippen molar-refractivity contribution in [3.05, 3.63) is 47.1 Å². The molecule has 1 aromatic carbocycles. The van der Waals surface area contributed by atoms with Crippen molar-refractivity contribution in [2.75, 3.05) is 18.5 Å². The maximum absolute atomic E-state index is 12.3. The third-order valence-electron chi connectivity index (χ3n) is 3.67. The first-order chi connectivity index (χ1) is 13.1. The predicted octanol–water partition coefficient (Wildman–Crippen LogP) is 2.10. The van der Waals surface area contributed by atoms with E-state index >= 15 is 0 Å². The van der Waals surface area contributed by atoms with Gasteiger partial charge in [-0.2, -0.15) is 0 Å². The fourth-order valence-corrected chi connectivity index (χ4v) is 3.21. The molecule has 0 atom stereocenters. The van der Waals surface area contributed by atoms with Crippen LogP contribution in [0.25, 0.3) is 10.9 Å². The molecular weight excluding hydrogens is 368 g/mol. The van der Waals surface area contributed by atoms with Gasteiger partial charge in [-0.25, -0.2) is 4.98 Å². The van der Waals surface area contributed by atoms with E-state index in [1.807, 2.05) is 24.3 Å². The zero-order valence-electron chi connectivity index (χ0n) is 14.6. The lowest BCUT2D eigenvalue weighted by molar-refractivity contribution is -0.142. The number of nitrogens with zero attached hydrogens (tertiary/aromatic N) is 1. The summed E-state index contributed by atoms with van der Waals surface area (Å²) in [6.45, 7) is 1.85. The molecule has 27 heavy (non-hydrogen) atoms. The van der Waals surface area contributed by atoms with Gasteiger partial charge in [-0.3, -0.25) is 14.4 Å². The number of carbonyl (C=O) groups excluding carboxylic acids is 3. The highest BCUT2D eigenvalue weighted by Crippen LogP contribution is 2.18. The Morgan fingerprint density at radius 3 is 2.89 bits per heavy atom. The molecule has 0 unspecified atom stereocenters. The van der Waals surface area contributed by atoms with E-state index in [0.717, 1.165) is 10.9 Å². The summed E-state index contributed by atoms with van der Waals surface area (Å²) in [5.41, 5.74) is 1.85. The highest BCUT2D eigenvalue weighted by molar-refractivity contribution is 7.13. The number of ether oxygens (including phenoxy) is 1. The summed E-state index contributed by atoms with van der Waals surface area (Å²) in [4.78, 5) is 42.9. The SMILES string of the molecule is CCOC(=O)Cc1csc(NC(=O)CNC(=O)c2c[nH]c3ccccc23)n1. The summed E-state index contributed by atoms with van der Waals surface area (Å²) in [6.07, 6.45) is 1.66. The third-order valence-corrected chi connectivity index (χ3v) is 4.48. The highest BCUT2D eigenvalue weighted by atomic mass is 32.1. The fourth-order valence-electron chi connectivity index (χ4n) is 2.48. The van der Waals surface area contributed by atoms with Crippen LogP contribution in [0.2, 0.25) is 0 Å². The molecule has 2 heterocycles. The molecule has 0 aliphatic rings. The molecule has 0 saturated heterocycles. The summed E-state index contributed by atoms with van der Waals surface area (Å²) in [7, 11) is 0. The van der Waals surface area contributed by atoms with Crippen LogP contribution in [0.4, 0.5) is 5.13 Å². The van der Waals surface area contributed by atoms with Crippen LogP contribution >= 0.6 is 11.3 Å². The molecule has 0 aliphatic heterocycles. The molecule has 2 amide bonds. The van der Waals surface area contributed by atoms with Gasteiger partial charge in [0.2, 0.25) is 5.91 Å². The second kappa shape index (κ2) is 8.45. The van der Waals surface area contributed by atoms with Gasteiger partial charge in [-0.1, -0.05) is 18.2 Å². The molecule has 9 heteroatoms. The zero-order valence-corrected chi connectivity index (χ0v) is 15.4. The number of aromatic nitrogens is 2. The van der Waals surface area contributed by atoms with Gasteiger partial charge >= 0.3 is 5.97 Å². The van der Waals surface area contributed by atoms with Gasteiger partial charge in [-0.15, -0.1) is 11.3 Å². The topological polar surface area (TPSA) is 113 Å². The standard InChI is InChI=1S/C18H18N4O4S/c1-2-26-16(24)7-11-10-27-18(21-11)22-15(23)9-20-17(25)13-8-19-14-6-4-3-5-12(13)14/h3-6,8,10,19H,2,7,9H2,1H3,(H,20,25)(H,21,22,23). The lowest BCUT2D eigenvalue weighted by Gasteiger charge is -2.04. The van der Waals surface area contributed by atoms with Crippen molar-refractivity contribution in [1.82, 2.24) is 15.3 Å². The van der Waals surface area contributed by atoms with Crippen LogP contribution in [-0.2, 0) is 20.7 Å². The minimum Gasteiger partial charge on any atom is -0.466 e. The Hall–Kier alpha value is -3.20. The predicted molar refractivity (Wildman–Crippen MR) is 102 cm³/mol. The van der Waals surface area contributed by atoms with Crippen LogP contribution < -0.4 is 10.6 Å². The van der Waals surface area contributed by atoms with Crippen molar-refractivity contribution in [3.8, 4) is 0 Å². The Morgan fingerprint density at radius 1 is 1.26 bits per heavy atom. The summed E-state index contributed by atoms with van der Waals surface area (Å²) in [5.74, 6) is -1.11. The Labute approximate surface area is 158 Å². The number of benzene rings is 1. The van der Waals surface area contributed by atoms with E-state index < -0.39 is 5.91 Å². The molecule has 0 bridgehead atoms. The van der Waals surface area contributed by atoms with Crippen molar-refractivity contribution in [2.45, 2.75) is 13.3 Å². The molecular formula is C18H18N4O4S. The first kappa shape index (κ1) is 18.6. The Balaban J connectivity index is 1.52. The summed E-state index contributed by atoms with van der Waals surface area (Å²) in [6, 6.07) is 7.42. The lowest BCUT2D eigenvalue weighted by atomic mass is 10.1. The number of thiazole rings is 1. The smallest absolute Gasteiger partial charge is 0.311 e. The van der Waals surface area contributed by atoms with Crippen LogP contribution in [0.3, 0.4) is 0 Å². The van der Waals surface area contributed by atoms with Crippen molar-refractivity contribution in [3.63, 3.8) is 0 Å². The molecule has 8 nitrogen and oxygen atoms in total. The summed E-state index contributed by atoms with van der Waals surface area (Å²) >= 11 is 1.20. The number of carbonyl (C=O) groups is 3. The highest BCUT2D eigenvalue weighted by Gasteiger charge is 2.14. The second-order valence-electron chi connectivity index (χ2n) is 5.60.